The highest BCUT2D eigenvalue weighted by molar-refractivity contribution is 6.04. The van der Waals surface area contributed by atoms with E-state index >= 15 is 0 Å². The average molecular weight is 285 g/mol. The van der Waals surface area contributed by atoms with Gasteiger partial charge in [-0.2, -0.15) is 0 Å². The highest BCUT2D eigenvalue weighted by Gasteiger charge is 2.03. The number of hydrogen-bond acceptors (Lipinski definition) is 4. The largest absolute Gasteiger partial charge is 0.478 e. The lowest BCUT2D eigenvalue weighted by Crippen LogP contribution is -1.91. The van der Waals surface area contributed by atoms with E-state index in [-0.39, 0.29) is 0 Å². The van der Waals surface area contributed by atoms with Crippen LogP contribution in [-0.4, -0.2) is 27.1 Å². The van der Waals surface area contributed by atoms with E-state index in [2.05, 4.69) is 4.98 Å². The lowest BCUT2D eigenvalue weighted by Gasteiger charge is -1.84. The molecular formula is C15H11NO5. The monoisotopic (exact) mass is 285 g/mol. The molecule has 0 aliphatic heterocycles. The lowest BCUT2D eigenvalue weighted by atomic mass is 10.2. The second-order valence-corrected chi connectivity index (χ2v) is 3.98. The normalized spacial score (nSPS) is 10.5. The second-order valence-electron chi connectivity index (χ2n) is 3.98. The van der Waals surface area contributed by atoms with Crippen LogP contribution in [0.4, 0.5) is 0 Å². The van der Waals surface area contributed by atoms with Crippen LogP contribution >= 0.6 is 0 Å². The van der Waals surface area contributed by atoms with E-state index in [1.807, 2.05) is 36.5 Å². The molecule has 0 fully saturated rings. The summed E-state index contributed by atoms with van der Waals surface area (Å²) in [7, 11) is 0. The molecule has 3 aromatic rings. The molecule has 0 unspecified atom stereocenters. The first-order valence-electron chi connectivity index (χ1n) is 5.93. The molecule has 2 heterocycles. The fourth-order valence-electron chi connectivity index (χ4n) is 1.71. The number of furan rings is 1. The summed E-state index contributed by atoms with van der Waals surface area (Å²) in [6.45, 7) is 0. The Bertz CT molecular complexity index is 753. The summed E-state index contributed by atoms with van der Waals surface area (Å²) in [5.41, 5.74) is 1.82. The molecule has 0 aliphatic carbocycles. The van der Waals surface area contributed by atoms with E-state index in [0.717, 1.165) is 21.9 Å². The Kier molecular flexibility index (Phi) is 4.30. The first-order chi connectivity index (χ1) is 10.1. The number of aliphatic carboxylic acids is 2. The molecule has 0 saturated carbocycles. The zero-order valence-corrected chi connectivity index (χ0v) is 10.8. The molecule has 3 rings (SSSR count). The fourth-order valence-corrected chi connectivity index (χ4v) is 1.71. The summed E-state index contributed by atoms with van der Waals surface area (Å²) in [4.78, 5) is 23.2. The Morgan fingerprint density at radius 2 is 1.57 bits per heavy atom. The average Bonchev–Trinajstić information content (AvgIpc) is 2.84. The number of carboxylic acid groups (broad SMARTS) is 2. The van der Waals surface area contributed by atoms with Gasteiger partial charge in [0.1, 0.15) is 11.2 Å². The van der Waals surface area contributed by atoms with Crippen molar-refractivity contribution in [1.29, 1.82) is 0 Å². The molecule has 1 aromatic carbocycles. The molecule has 106 valence electrons. The molecule has 0 atom stereocenters. The van der Waals surface area contributed by atoms with Crippen molar-refractivity contribution < 1.29 is 24.2 Å². The predicted molar refractivity (Wildman–Crippen MR) is 75.9 cm³/mol. The van der Waals surface area contributed by atoms with Gasteiger partial charge in [0.05, 0.1) is 0 Å². The number of pyridine rings is 1. The number of para-hydroxylation sites is 1. The van der Waals surface area contributed by atoms with E-state index < -0.39 is 11.9 Å². The summed E-state index contributed by atoms with van der Waals surface area (Å²) in [5, 5.41) is 17.8. The van der Waals surface area contributed by atoms with Gasteiger partial charge in [-0.1, -0.05) is 18.2 Å². The van der Waals surface area contributed by atoms with Crippen LogP contribution in [-0.2, 0) is 9.59 Å². The Labute approximate surface area is 118 Å². The van der Waals surface area contributed by atoms with Gasteiger partial charge in [0.15, 0.2) is 0 Å². The van der Waals surface area contributed by atoms with Crippen molar-refractivity contribution in [3.63, 3.8) is 0 Å². The highest BCUT2D eigenvalue weighted by Crippen LogP contribution is 2.26. The minimum absolute atomic E-state index is 0.558. The molecule has 0 spiro atoms. The summed E-state index contributed by atoms with van der Waals surface area (Å²) in [6.07, 6.45) is 4.69. The van der Waals surface area contributed by atoms with Crippen molar-refractivity contribution in [3.8, 4) is 0 Å². The quantitative estimate of drug-likeness (QED) is 0.702. The van der Waals surface area contributed by atoms with Crippen LogP contribution in [0.25, 0.3) is 21.9 Å². The molecular weight excluding hydrogens is 274 g/mol. The topological polar surface area (TPSA) is 101 Å². The standard InChI is InChI=1S/C11H7NO.C4H4O4/c1-2-4-10-8(3-1)9-7-12-6-5-11(9)13-10;5-3(6)1-2-4(7)8/h1-7H;1-2H,(H,5,6)(H,7,8)/b;2-1-. The van der Waals surface area contributed by atoms with Crippen LogP contribution in [0.15, 0.2) is 59.3 Å². The molecule has 0 radical (unpaired) electrons. The van der Waals surface area contributed by atoms with Crippen molar-refractivity contribution in [3.05, 3.63) is 54.9 Å². The van der Waals surface area contributed by atoms with Crippen molar-refractivity contribution in [1.82, 2.24) is 4.98 Å². The van der Waals surface area contributed by atoms with Crippen molar-refractivity contribution in [2.45, 2.75) is 0 Å². The third-order valence-corrected chi connectivity index (χ3v) is 2.55. The van der Waals surface area contributed by atoms with Gasteiger partial charge >= 0.3 is 11.9 Å². The molecule has 6 nitrogen and oxygen atoms in total. The van der Waals surface area contributed by atoms with Crippen LogP contribution in [0.3, 0.4) is 0 Å². The minimum Gasteiger partial charge on any atom is -0.478 e. The van der Waals surface area contributed by atoms with E-state index in [0.29, 0.717) is 12.2 Å². The second kappa shape index (κ2) is 6.33. The van der Waals surface area contributed by atoms with E-state index in [1.165, 1.54) is 0 Å². The number of benzene rings is 1. The fraction of sp³-hybridized carbons (Fsp3) is 0. The number of fused-ring (bicyclic) bond motifs is 3. The maximum atomic E-state index is 9.55. The summed E-state index contributed by atoms with van der Waals surface area (Å²) in [6, 6.07) is 9.87. The van der Waals surface area contributed by atoms with Crippen molar-refractivity contribution >= 4 is 33.9 Å². The number of carbonyl (C=O) groups is 2. The minimum atomic E-state index is -1.26. The van der Waals surface area contributed by atoms with Crippen LogP contribution in [0.2, 0.25) is 0 Å². The molecule has 2 aromatic heterocycles. The Morgan fingerprint density at radius 3 is 2.24 bits per heavy atom. The van der Waals surface area contributed by atoms with E-state index in [4.69, 9.17) is 14.6 Å². The third kappa shape index (κ3) is 3.66. The first kappa shape index (κ1) is 14.3. The molecule has 6 heteroatoms. The van der Waals surface area contributed by atoms with E-state index in [9.17, 15) is 9.59 Å². The number of nitrogens with zero attached hydrogens (tertiary/aromatic N) is 1. The SMILES string of the molecule is O=C(O)/C=C\C(=O)O.c1ccc2c(c1)oc1ccncc12. The van der Waals surface area contributed by atoms with Gasteiger partial charge in [0.25, 0.3) is 0 Å². The van der Waals surface area contributed by atoms with Gasteiger partial charge in [-0.15, -0.1) is 0 Å². The van der Waals surface area contributed by atoms with Gasteiger partial charge in [-0.25, -0.2) is 9.59 Å². The van der Waals surface area contributed by atoms with Crippen molar-refractivity contribution in [2.75, 3.05) is 0 Å². The molecule has 21 heavy (non-hydrogen) atoms. The van der Waals surface area contributed by atoms with Crippen molar-refractivity contribution in [2.24, 2.45) is 0 Å². The van der Waals surface area contributed by atoms with Gasteiger partial charge in [-0.3, -0.25) is 4.98 Å². The zero-order chi connectivity index (χ0) is 15.2. The van der Waals surface area contributed by atoms with Crippen LogP contribution in [0.1, 0.15) is 0 Å². The third-order valence-electron chi connectivity index (χ3n) is 2.55. The lowest BCUT2D eigenvalue weighted by molar-refractivity contribution is -0.134. The maximum Gasteiger partial charge on any atom is 0.328 e. The van der Waals surface area contributed by atoms with Crippen LogP contribution < -0.4 is 0 Å². The maximum absolute atomic E-state index is 9.55. The number of aromatic nitrogens is 1. The van der Waals surface area contributed by atoms with Gasteiger partial charge in [-0.05, 0) is 12.1 Å². The summed E-state index contributed by atoms with van der Waals surface area (Å²) in [5.74, 6) is -2.51. The van der Waals surface area contributed by atoms with Gasteiger partial charge in [0, 0.05) is 35.3 Å². The predicted octanol–water partition coefficient (Wildman–Crippen LogP) is 2.69. The molecule has 2 N–H and O–H groups in total. The smallest absolute Gasteiger partial charge is 0.328 e. The number of hydrogen-bond donors (Lipinski definition) is 2. The molecule has 0 saturated heterocycles. The Morgan fingerprint density at radius 1 is 0.952 bits per heavy atom. The highest BCUT2D eigenvalue weighted by atomic mass is 16.4. The summed E-state index contributed by atoms with van der Waals surface area (Å²) < 4.78 is 5.61. The van der Waals surface area contributed by atoms with Gasteiger partial charge in [0.2, 0.25) is 0 Å². The van der Waals surface area contributed by atoms with Crippen LogP contribution in [0, 0.1) is 0 Å². The van der Waals surface area contributed by atoms with Crippen LogP contribution in [0.5, 0.6) is 0 Å². The van der Waals surface area contributed by atoms with Gasteiger partial charge < -0.3 is 14.6 Å². The number of rotatable bonds is 2. The summed E-state index contributed by atoms with van der Waals surface area (Å²) >= 11 is 0. The zero-order valence-electron chi connectivity index (χ0n) is 10.8. The molecule has 0 amide bonds. The molecule has 0 bridgehead atoms. The first-order valence-corrected chi connectivity index (χ1v) is 5.93. The van der Waals surface area contributed by atoms with E-state index in [1.54, 1.807) is 6.20 Å². The number of carboxylic acids is 2. The Balaban J connectivity index is 0.000000177. The Hall–Kier alpha value is -3.15. The molecule has 0 aliphatic rings.